The van der Waals surface area contributed by atoms with Crippen molar-refractivity contribution < 1.29 is 13.2 Å². The van der Waals surface area contributed by atoms with Crippen molar-refractivity contribution in [3.8, 4) is 11.1 Å². The van der Waals surface area contributed by atoms with Gasteiger partial charge in [0.25, 0.3) is 0 Å². The molecule has 0 saturated heterocycles. The van der Waals surface area contributed by atoms with Gasteiger partial charge in [0.2, 0.25) is 0 Å². The molecule has 0 nitrogen and oxygen atoms in total. The van der Waals surface area contributed by atoms with Gasteiger partial charge < -0.3 is 0 Å². The van der Waals surface area contributed by atoms with Crippen LogP contribution in [-0.2, 0) is 6.42 Å². The van der Waals surface area contributed by atoms with Crippen molar-refractivity contribution in [2.75, 3.05) is 0 Å². The first kappa shape index (κ1) is 21.0. The highest BCUT2D eigenvalue weighted by Gasteiger charge is 2.20. The van der Waals surface area contributed by atoms with E-state index in [0.29, 0.717) is 10.9 Å². The van der Waals surface area contributed by atoms with Crippen LogP contribution in [0.3, 0.4) is 0 Å². The molecule has 0 N–H and O–H groups in total. The Morgan fingerprint density at radius 1 is 0.767 bits per heavy atom. The van der Waals surface area contributed by atoms with Crippen LogP contribution >= 0.6 is 0 Å². The van der Waals surface area contributed by atoms with E-state index in [-0.39, 0.29) is 11.4 Å². The van der Waals surface area contributed by atoms with E-state index in [9.17, 15) is 8.78 Å². The van der Waals surface area contributed by atoms with Gasteiger partial charge in [0, 0.05) is 10.9 Å². The maximum absolute atomic E-state index is 15.1. The van der Waals surface area contributed by atoms with Crippen LogP contribution in [0, 0.1) is 29.3 Å². The van der Waals surface area contributed by atoms with Gasteiger partial charge >= 0.3 is 0 Å². The Hall–Kier alpha value is -2.29. The van der Waals surface area contributed by atoms with E-state index < -0.39 is 11.6 Å². The van der Waals surface area contributed by atoms with Crippen molar-refractivity contribution in [2.45, 2.75) is 58.3 Å². The van der Waals surface area contributed by atoms with E-state index in [1.54, 1.807) is 6.07 Å². The van der Waals surface area contributed by atoms with Crippen LogP contribution in [0.4, 0.5) is 13.2 Å². The van der Waals surface area contributed by atoms with Gasteiger partial charge in [-0.2, -0.15) is 0 Å². The number of benzene rings is 3. The van der Waals surface area contributed by atoms with Crippen molar-refractivity contribution in [3.63, 3.8) is 0 Å². The zero-order chi connectivity index (χ0) is 21.1. The number of hydrogen-bond donors (Lipinski definition) is 0. The molecule has 0 radical (unpaired) electrons. The number of aryl methyl sites for hydroxylation is 1. The van der Waals surface area contributed by atoms with Gasteiger partial charge in [-0.05, 0) is 53.3 Å². The molecule has 0 aliphatic heterocycles. The molecular weight excluding hydrogens is 381 g/mol. The molecule has 0 unspecified atom stereocenters. The fourth-order valence-electron chi connectivity index (χ4n) is 4.97. The first-order chi connectivity index (χ1) is 14.5. The second-order valence-electron chi connectivity index (χ2n) is 8.83. The standard InChI is InChI=1S/C27H29F3/c1-2-3-18-4-6-19(7-5-18)8-9-20-10-13-23-21(16-20)11-14-24(27(23)30)22-12-15-25(28)26(29)17-22/h10-19H,2-9H2,1H3. The quantitative estimate of drug-likeness (QED) is 0.382. The summed E-state index contributed by atoms with van der Waals surface area (Å²) in [6.45, 7) is 2.27. The van der Waals surface area contributed by atoms with Crippen molar-refractivity contribution >= 4 is 10.8 Å². The minimum absolute atomic E-state index is 0.290. The van der Waals surface area contributed by atoms with Crippen LogP contribution in [0.25, 0.3) is 21.9 Å². The van der Waals surface area contributed by atoms with Crippen molar-refractivity contribution in [1.82, 2.24) is 0 Å². The molecular formula is C27H29F3. The molecule has 0 amide bonds. The van der Waals surface area contributed by atoms with Crippen LogP contribution in [-0.4, -0.2) is 0 Å². The maximum Gasteiger partial charge on any atom is 0.159 e. The molecule has 0 aromatic heterocycles. The topological polar surface area (TPSA) is 0 Å². The highest BCUT2D eigenvalue weighted by atomic mass is 19.2. The summed E-state index contributed by atoms with van der Waals surface area (Å²) in [6, 6.07) is 12.9. The fourth-order valence-corrected chi connectivity index (χ4v) is 4.97. The second-order valence-corrected chi connectivity index (χ2v) is 8.83. The first-order valence-electron chi connectivity index (χ1n) is 11.2. The van der Waals surface area contributed by atoms with Gasteiger partial charge in [0.05, 0.1) is 0 Å². The van der Waals surface area contributed by atoms with Crippen molar-refractivity contribution in [1.29, 1.82) is 0 Å². The number of fused-ring (bicyclic) bond motifs is 1. The van der Waals surface area contributed by atoms with Crippen molar-refractivity contribution in [3.05, 3.63) is 71.5 Å². The summed E-state index contributed by atoms with van der Waals surface area (Å²) < 4.78 is 41.8. The SMILES string of the molecule is CCCC1CCC(CCc2ccc3c(F)c(-c4ccc(F)c(F)c4)ccc3c2)CC1. The van der Waals surface area contributed by atoms with Crippen LogP contribution in [0.1, 0.15) is 57.4 Å². The molecule has 1 aliphatic rings. The fraction of sp³-hybridized carbons (Fsp3) is 0.407. The first-order valence-corrected chi connectivity index (χ1v) is 11.2. The van der Waals surface area contributed by atoms with E-state index >= 15 is 4.39 Å². The molecule has 3 aromatic carbocycles. The molecule has 3 aromatic rings. The normalized spacial score (nSPS) is 19.3. The number of halogens is 3. The number of hydrogen-bond acceptors (Lipinski definition) is 0. The van der Waals surface area contributed by atoms with E-state index in [0.717, 1.165) is 35.8 Å². The smallest absolute Gasteiger partial charge is 0.159 e. The molecule has 0 atom stereocenters. The monoisotopic (exact) mass is 410 g/mol. The lowest BCUT2D eigenvalue weighted by Gasteiger charge is -2.28. The Morgan fingerprint density at radius 2 is 1.50 bits per heavy atom. The third-order valence-electron chi connectivity index (χ3n) is 6.75. The van der Waals surface area contributed by atoms with Crippen LogP contribution in [0.5, 0.6) is 0 Å². The third kappa shape index (κ3) is 4.55. The molecule has 158 valence electrons. The Balaban J connectivity index is 1.46. The molecule has 0 spiro atoms. The lowest BCUT2D eigenvalue weighted by Crippen LogP contribution is -2.15. The van der Waals surface area contributed by atoms with E-state index in [1.807, 2.05) is 18.2 Å². The molecule has 1 fully saturated rings. The van der Waals surface area contributed by atoms with Gasteiger partial charge in [-0.1, -0.05) is 81.8 Å². The predicted molar refractivity (Wildman–Crippen MR) is 118 cm³/mol. The largest absolute Gasteiger partial charge is 0.206 e. The van der Waals surface area contributed by atoms with E-state index in [2.05, 4.69) is 13.0 Å². The van der Waals surface area contributed by atoms with Gasteiger partial charge in [-0.3, -0.25) is 0 Å². The summed E-state index contributed by atoms with van der Waals surface area (Å²) in [6.07, 6.45) is 10.3. The molecule has 3 heteroatoms. The summed E-state index contributed by atoms with van der Waals surface area (Å²) in [5, 5.41) is 1.36. The Morgan fingerprint density at radius 3 is 2.20 bits per heavy atom. The van der Waals surface area contributed by atoms with E-state index in [4.69, 9.17) is 0 Å². The summed E-state index contributed by atoms with van der Waals surface area (Å²) in [5.41, 5.74) is 1.87. The lowest BCUT2D eigenvalue weighted by molar-refractivity contribution is 0.252. The van der Waals surface area contributed by atoms with E-state index in [1.165, 1.54) is 56.6 Å². The summed E-state index contributed by atoms with van der Waals surface area (Å²) in [5.74, 6) is -0.547. The van der Waals surface area contributed by atoms with Crippen LogP contribution in [0.15, 0.2) is 48.5 Å². The molecule has 1 saturated carbocycles. The minimum atomic E-state index is -0.967. The third-order valence-corrected chi connectivity index (χ3v) is 6.75. The Kier molecular flexibility index (Phi) is 6.46. The molecule has 1 aliphatic carbocycles. The zero-order valence-corrected chi connectivity index (χ0v) is 17.6. The molecule has 30 heavy (non-hydrogen) atoms. The number of rotatable bonds is 6. The Labute approximate surface area is 177 Å². The van der Waals surface area contributed by atoms with Crippen molar-refractivity contribution in [2.24, 2.45) is 11.8 Å². The second kappa shape index (κ2) is 9.24. The lowest BCUT2D eigenvalue weighted by atomic mass is 9.78. The zero-order valence-electron chi connectivity index (χ0n) is 17.6. The highest BCUT2D eigenvalue weighted by molar-refractivity contribution is 5.88. The predicted octanol–water partition coefficient (Wildman–Crippen LogP) is 8.46. The maximum atomic E-state index is 15.1. The van der Waals surface area contributed by atoms with Gasteiger partial charge in [-0.15, -0.1) is 0 Å². The Bertz CT molecular complexity index is 1020. The van der Waals surface area contributed by atoms with Gasteiger partial charge in [-0.25, -0.2) is 13.2 Å². The molecule has 0 heterocycles. The molecule has 4 rings (SSSR count). The van der Waals surface area contributed by atoms with Gasteiger partial charge in [0.15, 0.2) is 11.6 Å². The average molecular weight is 411 g/mol. The minimum Gasteiger partial charge on any atom is -0.206 e. The summed E-state index contributed by atoms with van der Waals surface area (Å²) >= 11 is 0. The highest BCUT2D eigenvalue weighted by Crippen LogP contribution is 2.35. The van der Waals surface area contributed by atoms with Crippen LogP contribution < -0.4 is 0 Å². The molecule has 0 bridgehead atoms. The summed E-state index contributed by atoms with van der Waals surface area (Å²) in [7, 11) is 0. The summed E-state index contributed by atoms with van der Waals surface area (Å²) in [4.78, 5) is 0. The average Bonchev–Trinajstić information content (AvgIpc) is 2.76. The van der Waals surface area contributed by atoms with Crippen LogP contribution in [0.2, 0.25) is 0 Å². The van der Waals surface area contributed by atoms with Gasteiger partial charge in [0.1, 0.15) is 5.82 Å².